The molecule has 0 fully saturated rings. The second-order valence-corrected chi connectivity index (χ2v) is 3.25. The summed E-state index contributed by atoms with van der Waals surface area (Å²) in [5.74, 6) is 4.86. The van der Waals surface area contributed by atoms with E-state index >= 15 is 0 Å². The number of benzene rings is 1. The minimum atomic E-state index is -4.46. The first kappa shape index (κ1) is 13.4. The average molecular weight is 243 g/mol. The second-order valence-electron chi connectivity index (χ2n) is 3.25. The number of rotatable bonds is 3. The van der Waals surface area contributed by atoms with Gasteiger partial charge in [0.2, 0.25) is 0 Å². The lowest BCUT2D eigenvalue weighted by Crippen LogP contribution is -2.10. The molecule has 5 heteroatoms. The fraction of sp³-hybridized carbons (Fsp3) is 0.333. The first-order valence-corrected chi connectivity index (χ1v) is 4.91. The maximum absolute atomic E-state index is 12.7. The SMILES string of the molecule is CC#CCOc1ccc(CN)cc1C(F)(F)F. The third-order valence-electron chi connectivity index (χ3n) is 2.06. The van der Waals surface area contributed by atoms with E-state index in [-0.39, 0.29) is 18.9 Å². The van der Waals surface area contributed by atoms with Crippen molar-refractivity contribution >= 4 is 0 Å². The molecule has 1 aromatic rings. The maximum Gasteiger partial charge on any atom is 0.419 e. The van der Waals surface area contributed by atoms with Crippen LogP contribution in [0.3, 0.4) is 0 Å². The van der Waals surface area contributed by atoms with E-state index in [1.165, 1.54) is 12.1 Å². The molecule has 0 bridgehead atoms. The molecule has 0 aliphatic heterocycles. The van der Waals surface area contributed by atoms with Gasteiger partial charge >= 0.3 is 6.18 Å². The molecule has 0 radical (unpaired) electrons. The van der Waals surface area contributed by atoms with Gasteiger partial charge in [-0.2, -0.15) is 13.2 Å². The summed E-state index contributed by atoms with van der Waals surface area (Å²) in [6.45, 7) is 1.57. The highest BCUT2D eigenvalue weighted by atomic mass is 19.4. The minimum absolute atomic E-state index is 0.0537. The Morgan fingerprint density at radius 2 is 2.06 bits per heavy atom. The Labute approximate surface area is 97.6 Å². The number of halogens is 3. The van der Waals surface area contributed by atoms with Gasteiger partial charge in [-0.05, 0) is 24.6 Å². The summed E-state index contributed by atoms with van der Waals surface area (Å²) in [7, 11) is 0. The molecule has 92 valence electrons. The zero-order valence-electron chi connectivity index (χ0n) is 9.27. The predicted octanol–water partition coefficient (Wildman–Crippen LogP) is 2.57. The van der Waals surface area contributed by atoms with E-state index in [4.69, 9.17) is 10.5 Å². The van der Waals surface area contributed by atoms with Crippen molar-refractivity contribution in [3.05, 3.63) is 29.3 Å². The van der Waals surface area contributed by atoms with Gasteiger partial charge in [-0.25, -0.2) is 0 Å². The Hall–Kier alpha value is -1.67. The molecule has 0 aromatic heterocycles. The van der Waals surface area contributed by atoms with Crippen LogP contribution in [0.1, 0.15) is 18.1 Å². The Morgan fingerprint density at radius 1 is 1.35 bits per heavy atom. The van der Waals surface area contributed by atoms with Crippen LogP contribution in [0, 0.1) is 11.8 Å². The van der Waals surface area contributed by atoms with Crippen LogP contribution in [0.15, 0.2) is 18.2 Å². The van der Waals surface area contributed by atoms with E-state index in [0.29, 0.717) is 5.56 Å². The lowest BCUT2D eigenvalue weighted by Gasteiger charge is -2.13. The molecule has 1 rings (SSSR count). The highest BCUT2D eigenvalue weighted by Crippen LogP contribution is 2.36. The number of ether oxygens (including phenoxy) is 1. The second kappa shape index (κ2) is 5.60. The first-order valence-electron chi connectivity index (χ1n) is 4.91. The summed E-state index contributed by atoms with van der Waals surface area (Å²) in [4.78, 5) is 0. The van der Waals surface area contributed by atoms with Crippen LogP contribution in [0.5, 0.6) is 5.75 Å². The molecule has 0 aliphatic carbocycles. The summed E-state index contributed by atoms with van der Waals surface area (Å²) in [6, 6.07) is 3.76. The fourth-order valence-electron chi connectivity index (χ4n) is 1.24. The van der Waals surface area contributed by atoms with Gasteiger partial charge in [-0.3, -0.25) is 0 Å². The lowest BCUT2D eigenvalue weighted by molar-refractivity contribution is -0.138. The van der Waals surface area contributed by atoms with Gasteiger partial charge in [-0.15, -0.1) is 5.92 Å². The smallest absolute Gasteiger partial charge is 0.419 e. The molecular weight excluding hydrogens is 231 g/mol. The number of alkyl halides is 3. The van der Waals surface area contributed by atoms with E-state index in [0.717, 1.165) is 6.07 Å². The van der Waals surface area contributed by atoms with Crippen molar-refractivity contribution in [1.82, 2.24) is 0 Å². The van der Waals surface area contributed by atoms with E-state index < -0.39 is 11.7 Å². The van der Waals surface area contributed by atoms with Crippen molar-refractivity contribution in [3.8, 4) is 17.6 Å². The van der Waals surface area contributed by atoms with Crippen LogP contribution >= 0.6 is 0 Å². The maximum atomic E-state index is 12.7. The molecule has 0 atom stereocenters. The van der Waals surface area contributed by atoms with Gasteiger partial charge < -0.3 is 10.5 Å². The van der Waals surface area contributed by atoms with Crippen molar-refractivity contribution in [2.24, 2.45) is 5.73 Å². The van der Waals surface area contributed by atoms with Gasteiger partial charge in [-0.1, -0.05) is 12.0 Å². The van der Waals surface area contributed by atoms with Crippen LogP contribution in [-0.2, 0) is 12.7 Å². The van der Waals surface area contributed by atoms with E-state index in [9.17, 15) is 13.2 Å². The molecule has 0 amide bonds. The summed E-state index contributed by atoms with van der Waals surface area (Å²) in [5.41, 5.74) is 4.89. The molecule has 2 nitrogen and oxygen atoms in total. The van der Waals surface area contributed by atoms with Crippen LogP contribution in [0.2, 0.25) is 0 Å². The van der Waals surface area contributed by atoms with E-state index in [1.807, 2.05) is 0 Å². The summed E-state index contributed by atoms with van der Waals surface area (Å²) in [5, 5.41) is 0. The molecule has 0 unspecified atom stereocenters. The molecule has 2 N–H and O–H groups in total. The van der Waals surface area contributed by atoms with E-state index in [1.54, 1.807) is 6.92 Å². The summed E-state index contributed by atoms with van der Waals surface area (Å²) < 4.78 is 43.1. The zero-order valence-corrected chi connectivity index (χ0v) is 9.27. The topological polar surface area (TPSA) is 35.2 Å². The fourth-order valence-corrected chi connectivity index (χ4v) is 1.24. The van der Waals surface area contributed by atoms with Gasteiger partial charge in [0.25, 0.3) is 0 Å². The molecule has 1 aromatic carbocycles. The lowest BCUT2D eigenvalue weighted by atomic mass is 10.1. The van der Waals surface area contributed by atoms with Crippen molar-refractivity contribution in [3.63, 3.8) is 0 Å². The molecule has 0 saturated carbocycles. The van der Waals surface area contributed by atoms with Crippen molar-refractivity contribution in [1.29, 1.82) is 0 Å². The molecule has 0 aliphatic rings. The number of hydrogen-bond donors (Lipinski definition) is 1. The van der Waals surface area contributed by atoms with Crippen LogP contribution in [0.25, 0.3) is 0 Å². The first-order chi connectivity index (χ1) is 7.99. The molecule has 0 saturated heterocycles. The third kappa shape index (κ3) is 3.68. The van der Waals surface area contributed by atoms with Gasteiger partial charge in [0, 0.05) is 6.54 Å². The quantitative estimate of drug-likeness (QED) is 0.828. The highest BCUT2D eigenvalue weighted by Gasteiger charge is 2.34. The van der Waals surface area contributed by atoms with Crippen LogP contribution < -0.4 is 10.5 Å². The number of nitrogens with two attached hydrogens (primary N) is 1. The molecule has 17 heavy (non-hydrogen) atoms. The highest BCUT2D eigenvalue weighted by molar-refractivity contribution is 5.39. The summed E-state index contributed by atoms with van der Waals surface area (Å²) >= 11 is 0. The largest absolute Gasteiger partial charge is 0.480 e. The minimum Gasteiger partial charge on any atom is -0.480 e. The van der Waals surface area contributed by atoms with Crippen LogP contribution in [0.4, 0.5) is 13.2 Å². The number of hydrogen-bond acceptors (Lipinski definition) is 2. The molecular formula is C12H12F3NO. The van der Waals surface area contributed by atoms with Crippen molar-refractivity contribution in [2.75, 3.05) is 6.61 Å². The van der Waals surface area contributed by atoms with Gasteiger partial charge in [0.05, 0.1) is 5.56 Å². The Balaban J connectivity index is 3.05. The van der Waals surface area contributed by atoms with Crippen molar-refractivity contribution < 1.29 is 17.9 Å². The average Bonchev–Trinajstić information content (AvgIpc) is 2.28. The van der Waals surface area contributed by atoms with Gasteiger partial charge in [0.1, 0.15) is 12.4 Å². The Bertz CT molecular complexity index is 443. The normalized spacial score (nSPS) is 10.6. The molecule has 0 heterocycles. The van der Waals surface area contributed by atoms with Gasteiger partial charge in [0.15, 0.2) is 0 Å². The predicted molar refractivity (Wildman–Crippen MR) is 58.3 cm³/mol. The Kier molecular flexibility index (Phi) is 4.41. The van der Waals surface area contributed by atoms with E-state index in [2.05, 4.69) is 11.8 Å². The third-order valence-corrected chi connectivity index (χ3v) is 2.06. The standard InChI is InChI=1S/C12H12F3NO/c1-2-3-6-17-11-5-4-9(8-16)7-10(11)12(13,14)15/h4-5,7H,6,8,16H2,1H3. The monoisotopic (exact) mass is 243 g/mol. The van der Waals surface area contributed by atoms with Crippen molar-refractivity contribution in [2.45, 2.75) is 19.6 Å². The van der Waals surface area contributed by atoms with Crippen LogP contribution in [-0.4, -0.2) is 6.61 Å². The molecule has 0 spiro atoms. The Morgan fingerprint density at radius 3 is 2.59 bits per heavy atom. The summed E-state index contributed by atoms with van der Waals surface area (Å²) in [6.07, 6.45) is -4.46. The zero-order chi connectivity index (χ0) is 12.9.